The molecule has 1 heterocycles. The molecule has 5 heteroatoms. The first-order valence-electron chi connectivity index (χ1n) is 6.03. The Kier molecular flexibility index (Phi) is 3.85. The lowest BCUT2D eigenvalue weighted by atomic mass is 10.2. The van der Waals surface area contributed by atoms with Crippen LogP contribution in [0.3, 0.4) is 0 Å². The van der Waals surface area contributed by atoms with Crippen LogP contribution in [-0.4, -0.2) is 23.4 Å². The first kappa shape index (κ1) is 13.1. The zero-order valence-corrected chi connectivity index (χ0v) is 10.8. The van der Waals surface area contributed by atoms with Crippen LogP contribution in [-0.2, 0) is 20.9 Å². The van der Waals surface area contributed by atoms with Crippen LogP contribution in [0.4, 0.5) is 5.69 Å². The van der Waals surface area contributed by atoms with Gasteiger partial charge in [0, 0.05) is 18.3 Å². The largest absolute Gasteiger partial charge is 0.469 e. The molecule has 0 saturated carbocycles. The predicted molar refractivity (Wildman–Crippen MR) is 72.6 cm³/mol. The summed E-state index contributed by atoms with van der Waals surface area (Å²) in [5.41, 5.74) is 7.32. The van der Waals surface area contributed by atoms with Gasteiger partial charge in [0.05, 0.1) is 25.6 Å². The molecule has 0 aliphatic heterocycles. The molecule has 0 unspecified atom stereocenters. The molecule has 0 aliphatic carbocycles. The molecule has 2 N–H and O–H groups in total. The predicted octanol–water partition coefficient (Wildman–Crippen LogP) is 1.75. The molecule has 0 saturated heterocycles. The van der Waals surface area contributed by atoms with E-state index in [2.05, 4.69) is 4.74 Å². The topological polar surface area (TPSA) is 74.3 Å². The lowest BCUT2D eigenvalue weighted by molar-refractivity contribution is -0.142. The van der Waals surface area contributed by atoms with Gasteiger partial charge in [-0.3, -0.25) is 9.59 Å². The molecule has 0 fully saturated rings. The molecule has 100 valence electrons. The highest BCUT2D eigenvalue weighted by molar-refractivity contribution is 5.87. The zero-order valence-electron chi connectivity index (χ0n) is 10.8. The second-order valence-corrected chi connectivity index (χ2v) is 4.38. The number of carbonyl (C=O) groups is 2. The number of fused-ring (bicyclic) bond motifs is 1. The van der Waals surface area contributed by atoms with Gasteiger partial charge in [0.2, 0.25) is 0 Å². The number of nitrogens with zero attached hydrogens (tertiary/aromatic N) is 1. The molecule has 5 nitrogen and oxygen atoms in total. The third-order valence-corrected chi connectivity index (χ3v) is 2.98. The fourth-order valence-electron chi connectivity index (χ4n) is 1.95. The van der Waals surface area contributed by atoms with E-state index >= 15 is 0 Å². The number of nitrogen functional groups attached to an aromatic ring is 1. The number of carbonyl (C=O) groups excluding carboxylic acids is 2. The van der Waals surface area contributed by atoms with Gasteiger partial charge in [-0.1, -0.05) is 6.07 Å². The fraction of sp³-hybridized carbons (Fsp3) is 0.286. The number of Topliss-reactive ketones (excluding diaryl/α,β-unsaturated/α-hetero) is 1. The Morgan fingerprint density at radius 1 is 1.26 bits per heavy atom. The van der Waals surface area contributed by atoms with Gasteiger partial charge in [-0.25, -0.2) is 0 Å². The molecule has 1 aromatic heterocycles. The third kappa shape index (κ3) is 3.13. The van der Waals surface area contributed by atoms with Crippen molar-refractivity contribution in [3.8, 4) is 0 Å². The summed E-state index contributed by atoms with van der Waals surface area (Å²) in [6.07, 6.45) is 2.16. The van der Waals surface area contributed by atoms with E-state index in [4.69, 9.17) is 5.73 Å². The second-order valence-electron chi connectivity index (χ2n) is 4.38. The molecular formula is C14H16N2O3. The summed E-state index contributed by atoms with van der Waals surface area (Å²) in [4.78, 5) is 22.8. The number of anilines is 1. The van der Waals surface area contributed by atoms with Crippen molar-refractivity contribution in [1.82, 2.24) is 4.57 Å². The van der Waals surface area contributed by atoms with Crippen LogP contribution < -0.4 is 5.73 Å². The minimum Gasteiger partial charge on any atom is -0.469 e. The molecule has 2 aromatic rings. The SMILES string of the molecule is COC(=O)CCC(=O)Cn1ccc2ccc(N)cc21. The lowest BCUT2D eigenvalue weighted by Gasteiger charge is -2.05. The molecule has 0 radical (unpaired) electrons. The molecule has 2 rings (SSSR count). The van der Waals surface area contributed by atoms with Crippen LogP contribution in [0, 0.1) is 0 Å². The van der Waals surface area contributed by atoms with Crippen molar-refractivity contribution in [2.75, 3.05) is 12.8 Å². The second kappa shape index (κ2) is 5.56. The number of hydrogen-bond acceptors (Lipinski definition) is 4. The Balaban J connectivity index is 2.07. The molecule has 0 aliphatic rings. The van der Waals surface area contributed by atoms with Crippen molar-refractivity contribution >= 4 is 28.3 Å². The smallest absolute Gasteiger partial charge is 0.305 e. The number of benzene rings is 1. The van der Waals surface area contributed by atoms with Crippen LogP contribution in [0.5, 0.6) is 0 Å². The average Bonchev–Trinajstić information content (AvgIpc) is 2.78. The molecule has 0 amide bonds. The summed E-state index contributed by atoms with van der Waals surface area (Å²) in [7, 11) is 1.31. The van der Waals surface area contributed by atoms with E-state index in [0.717, 1.165) is 10.9 Å². The van der Waals surface area contributed by atoms with E-state index in [1.165, 1.54) is 7.11 Å². The fourth-order valence-corrected chi connectivity index (χ4v) is 1.95. The number of nitrogens with two attached hydrogens (primary N) is 1. The van der Waals surface area contributed by atoms with Crippen molar-refractivity contribution < 1.29 is 14.3 Å². The summed E-state index contributed by atoms with van der Waals surface area (Å²) in [5, 5.41) is 1.04. The van der Waals surface area contributed by atoms with Crippen molar-refractivity contribution in [2.45, 2.75) is 19.4 Å². The van der Waals surface area contributed by atoms with Gasteiger partial charge in [0.1, 0.15) is 0 Å². The number of ether oxygens (including phenoxy) is 1. The molecule has 0 bridgehead atoms. The number of hydrogen-bond donors (Lipinski definition) is 1. The van der Waals surface area contributed by atoms with Crippen LogP contribution in [0.25, 0.3) is 10.9 Å². The molecule has 1 aromatic carbocycles. The summed E-state index contributed by atoms with van der Waals surface area (Å²) >= 11 is 0. The zero-order chi connectivity index (χ0) is 13.8. The van der Waals surface area contributed by atoms with Crippen molar-refractivity contribution in [1.29, 1.82) is 0 Å². The normalized spacial score (nSPS) is 10.6. The molecule has 0 atom stereocenters. The maximum absolute atomic E-state index is 11.8. The number of ketones is 1. The van der Waals surface area contributed by atoms with Crippen molar-refractivity contribution in [2.24, 2.45) is 0 Å². The average molecular weight is 260 g/mol. The van der Waals surface area contributed by atoms with Gasteiger partial charge in [-0.05, 0) is 23.6 Å². The number of rotatable bonds is 5. The minimum atomic E-state index is -0.366. The number of esters is 1. The van der Waals surface area contributed by atoms with Gasteiger partial charge in [-0.15, -0.1) is 0 Å². The lowest BCUT2D eigenvalue weighted by Crippen LogP contribution is -2.11. The molecule has 0 spiro atoms. The summed E-state index contributed by atoms with van der Waals surface area (Å²) in [6.45, 7) is 0.240. The Bertz CT molecular complexity index is 616. The Morgan fingerprint density at radius 3 is 2.79 bits per heavy atom. The molecule has 19 heavy (non-hydrogen) atoms. The van der Waals surface area contributed by atoms with Crippen LogP contribution in [0.1, 0.15) is 12.8 Å². The summed E-state index contributed by atoms with van der Waals surface area (Å²) < 4.78 is 6.35. The van der Waals surface area contributed by atoms with Crippen molar-refractivity contribution in [3.63, 3.8) is 0 Å². The van der Waals surface area contributed by atoms with Gasteiger partial charge >= 0.3 is 5.97 Å². The van der Waals surface area contributed by atoms with Crippen LogP contribution in [0.2, 0.25) is 0 Å². The number of aromatic nitrogens is 1. The van der Waals surface area contributed by atoms with E-state index in [0.29, 0.717) is 5.69 Å². The Morgan fingerprint density at radius 2 is 2.05 bits per heavy atom. The van der Waals surface area contributed by atoms with Crippen LogP contribution in [0.15, 0.2) is 30.5 Å². The Labute approximate surface area is 110 Å². The summed E-state index contributed by atoms with van der Waals surface area (Å²) in [5.74, 6) is -0.375. The first-order valence-corrected chi connectivity index (χ1v) is 6.03. The maximum Gasteiger partial charge on any atom is 0.305 e. The van der Waals surface area contributed by atoms with Crippen molar-refractivity contribution in [3.05, 3.63) is 30.5 Å². The highest BCUT2D eigenvalue weighted by Gasteiger charge is 2.09. The van der Waals surface area contributed by atoms with E-state index in [-0.39, 0.29) is 31.1 Å². The van der Waals surface area contributed by atoms with E-state index in [1.807, 2.05) is 35.0 Å². The first-order chi connectivity index (χ1) is 9.10. The van der Waals surface area contributed by atoms with Gasteiger partial charge in [-0.2, -0.15) is 0 Å². The van der Waals surface area contributed by atoms with E-state index in [9.17, 15) is 9.59 Å². The Hall–Kier alpha value is -2.30. The van der Waals surface area contributed by atoms with E-state index in [1.54, 1.807) is 0 Å². The quantitative estimate of drug-likeness (QED) is 0.656. The monoisotopic (exact) mass is 260 g/mol. The van der Waals surface area contributed by atoms with Gasteiger partial charge < -0.3 is 15.0 Å². The van der Waals surface area contributed by atoms with Crippen LogP contribution >= 0.6 is 0 Å². The highest BCUT2D eigenvalue weighted by atomic mass is 16.5. The number of methoxy groups -OCH3 is 1. The standard InChI is InChI=1S/C14H16N2O3/c1-19-14(18)5-4-12(17)9-16-7-6-10-2-3-11(15)8-13(10)16/h2-3,6-8H,4-5,9,15H2,1H3. The molecular weight excluding hydrogens is 244 g/mol. The third-order valence-electron chi connectivity index (χ3n) is 2.98. The minimum absolute atomic E-state index is 0.00896. The van der Waals surface area contributed by atoms with Gasteiger partial charge in [0.15, 0.2) is 5.78 Å². The summed E-state index contributed by atoms with van der Waals surface area (Å²) in [6, 6.07) is 7.51. The highest BCUT2D eigenvalue weighted by Crippen LogP contribution is 2.19. The maximum atomic E-state index is 11.8. The van der Waals surface area contributed by atoms with Gasteiger partial charge in [0.25, 0.3) is 0 Å². The van der Waals surface area contributed by atoms with E-state index < -0.39 is 0 Å².